The quantitative estimate of drug-likeness (QED) is 0.244. The van der Waals surface area contributed by atoms with Crippen LogP contribution in [0.2, 0.25) is 12.6 Å². The number of ether oxygens (including phenoxy) is 1. The molecule has 0 aliphatic carbocycles. The van der Waals surface area contributed by atoms with E-state index < -0.39 is 16.3 Å². The summed E-state index contributed by atoms with van der Waals surface area (Å²) >= 11 is 0. The molecule has 0 saturated carbocycles. The number of carbonyl (C=O) groups is 1. The smallest absolute Gasteiger partial charge is 0.357 e. The van der Waals surface area contributed by atoms with E-state index in [1.165, 1.54) is 10.4 Å². The molecule has 188 valence electrons. The van der Waals surface area contributed by atoms with Crippen molar-refractivity contribution in [2.45, 2.75) is 92.1 Å². The number of hydrogen-bond acceptors (Lipinski definition) is 4. The second-order valence-corrected chi connectivity index (χ2v) is 16.5. The Morgan fingerprint density at radius 3 is 1.41 bits per heavy atom. The molecule has 0 fully saturated rings. The molecular weight excluding hydrogens is 455 g/mol. The lowest BCUT2D eigenvalue weighted by Gasteiger charge is -2.45. The van der Waals surface area contributed by atoms with Gasteiger partial charge in [0.15, 0.2) is 8.22 Å². The fourth-order valence-electron chi connectivity index (χ4n) is 4.84. The molecule has 0 aromatic heterocycles. The van der Waals surface area contributed by atoms with Crippen molar-refractivity contribution in [3.63, 3.8) is 0 Å². The van der Waals surface area contributed by atoms with Gasteiger partial charge in [0.1, 0.15) is 8.07 Å². The van der Waals surface area contributed by atoms with Gasteiger partial charge in [0.25, 0.3) is 0 Å². The molecule has 0 heterocycles. The molecule has 6 heteroatoms. The van der Waals surface area contributed by atoms with Crippen LogP contribution in [0.3, 0.4) is 0 Å². The predicted molar refractivity (Wildman–Crippen MR) is 151 cm³/mol. The number of carbonyl (C=O) groups excluding carboxylic acids is 1. The molecule has 2 aromatic rings. The third-order valence-electron chi connectivity index (χ3n) is 6.37. The highest BCUT2D eigenvalue weighted by Crippen LogP contribution is 2.51. The van der Waals surface area contributed by atoms with Crippen molar-refractivity contribution in [1.82, 2.24) is 9.34 Å². The highest BCUT2D eigenvalue weighted by Gasteiger charge is 2.40. The summed E-state index contributed by atoms with van der Waals surface area (Å²) in [7, 11) is -3.28. The Balaban J connectivity index is 2.31. The molecule has 0 radical (unpaired) electrons. The SMILES string of the molecule is CC(C)N(C(C)C)P(C(=O)OCC[Si](C)(c1ccccc1)c1ccccc1)N(C(C)C)C(C)C. The van der Waals surface area contributed by atoms with Crippen molar-refractivity contribution in [2.75, 3.05) is 6.61 Å². The first kappa shape index (κ1) is 28.7. The van der Waals surface area contributed by atoms with Gasteiger partial charge in [0.05, 0.1) is 6.61 Å². The van der Waals surface area contributed by atoms with E-state index in [1.807, 2.05) is 0 Å². The van der Waals surface area contributed by atoms with E-state index in [9.17, 15) is 4.79 Å². The van der Waals surface area contributed by atoms with Crippen molar-refractivity contribution >= 4 is 32.4 Å². The van der Waals surface area contributed by atoms with Gasteiger partial charge in [-0.3, -0.25) is 9.34 Å². The van der Waals surface area contributed by atoms with E-state index in [1.54, 1.807) is 0 Å². The highest BCUT2D eigenvalue weighted by molar-refractivity contribution is 7.70. The zero-order valence-electron chi connectivity index (χ0n) is 22.7. The Kier molecular flexibility index (Phi) is 11.0. The lowest BCUT2D eigenvalue weighted by molar-refractivity contribution is 0.169. The van der Waals surface area contributed by atoms with Gasteiger partial charge < -0.3 is 4.74 Å². The van der Waals surface area contributed by atoms with Crippen molar-refractivity contribution in [2.24, 2.45) is 0 Å². The van der Waals surface area contributed by atoms with E-state index in [2.05, 4.69) is 132 Å². The largest absolute Gasteiger partial charge is 0.461 e. The molecule has 2 aromatic carbocycles. The maximum Gasteiger partial charge on any atom is 0.357 e. The highest BCUT2D eigenvalue weighted by atomic mass is 31.1. The lowest BCUT2D eigenvalue weighted by Crippen LogP contribution is -2.56. The van der Waals surface area contributed by atoms with Crippen LogP contribution in [0.25, 0.3) is 0 Å². The van der Waals surface area contributed by atoms with Crippen LogP contribution in [0.15, 0.2) is 60.7 Å². The minimum atomic E-state index is -2.04. The zero-order chi connectivity index (χ0) is 25.5. The average Bonchev–Trinajstić information content (AvgIpc) is 2.78. The van der Waals surface area contributed by atoms with Gasteiger partial charge in [-0.1, -0.05) is 77.6 Å². The molecule has 0 amide bonds. The van der Waals surface area contributed by atoms with Crippen molar-refractivity contribution in [3.8, 4) is 0 Å². The third-order valence-corrected chi connectivity index (χ3v) is 14.0. The van der Waals surface area contributed by atoms with Crippen LogP contribution in [0, 0.1) is 0 Å². The fraction of sp³-hybridized carbons (Fsp3) is 0.536. The van der Waals surface area contributed by atoms with E-state index >= 15 is 0 Å². The number of rotatable bonds is 12. The first-order chi connectivity index (χ1) is 16.0. The maximum absolute atomic E-state index is 13.7. The van der Waals surface area contributed by atoms with E-state index in [4.69, 9.17) is 4.74 Å². The first-order valence-electron chi connectivity index (χ1n) is 12.6. The molecule has 0 atom stereocenters. The molecule has 0 saturated heterocycles. The summed E-state index contributed by atoms with van der Waals surface area (Å²) in [5, 5.41) is 2.74. The monoisotopic (exact) mass is 500 g/mol. The van der Waals surface area contributed by atoms with Gasteiger partial charge in [-0.2, -0.15) is 0 Å². The first-order valence-corrected chi connectivity index (χ1v) is 16.6. The summed E-state index contributed by atoms with van der Waals surface area (Å²) in [5.74, 6) is 0. The molecule has 0 N–H and O–H groups in total. The Morgan fingerprint density at radius 2 is 1.09 bits per heavy atom. The Hall–Kier alpha value is -1.52. The predicted octanol–water partition coefficient (Wildman–Crippen LogP) is 6.57. The minimum Gasteiger partial charge on any atom is -0.461 e. The van der Waals surface area contributed by atoms with Gasteiger partial charge in [0, 0.05) is 24.2 Å². The van der Waals surface area contributed by atoms with Gasteiger partial charge in [-0.25, -0.2) is 4.79 Å². The fourth-order valence-corrected chi connectivity index (χ4v) is 10.7. The summed E-state index contributed by atoms with van der Waals surface area (Å²) < 4.78 is 10.8. The molecule has 4 nitrogen and oxygen atoms in total. The summed E-state index contributed by atoms with van der Waals surface area (Å²) in [6.45, 7) is 20.2. The zero-order valence-corrected chi connectivity index (χ0v) is 24.5. The van der Waals surface area contributed by atoms with Crippen LogP contribution in [-0.2, 0) is 4.74 Å². The van der Waals surface area contributed by atoms with Crippen LogP contribution >= 0.6 is 8.22 Å². The summed E-state index contributed by atoms with van der Waals surface area (Å²) in [4.78, 5) is 13.7. The molecular formula is C28H45N2O2PSi. The number of nitrogens with zero attached hydrogens (tertiary/aromatic N) is 2. The Labute approximate surface area is 210 Å². The molecule has 0 unspecified atom stereocenters. The molecule has 0 bridgehead atoms. The molecule has 2 rings (SSSR count). The van der Waals surface area contributed by atoms with Crippen molar-refractivity contribution < 1.29 is 9.53 Å². The third kappa shape index (κ3) is 7.01. The van der Waals surface area contributed by atoms with Crippen LogP contribution in [-0.4, -0.2) is 53.9 Å². The molecule has 0 aliphatic heterocycles. The van der Waals surface area contributed by atoms with Crippen molar-refractivity contribution in [3.05, 3.63) is 60.7 Å². The normalized spacial score (nSPS) is 12.7. The van der Waals surface area contributed by atoms with Crippen LogP contribution in [0.4, 0.5) is 4.79 Å². The number of hydrogen-bond donors (Lipinski definition) is 0. The topological polar surface area (TPSA) is 32.8 Å². The maximum atomic E-state index is 13.7. The van der Waals surface area contributed by atoms with Crippen LogP contribution < -0.4 is 10.4 Å². The van der Waals surface area contributed by atoms with E-state index in [0.717, 1.165) is 6.04 Å². The Bertz CT molecular complexity index is 799. The van der Waals surface area contributed by atoms with Gasteiger partial charge in [0.2, 0.25) is 0 Å². The van der Waals surface area contributed by atoms with Gasteiger partial charge >= 0.3 is 5.71 Å². The van der Waals surface area contributed by atoms with E-state index in [0.29, 0.717) is 6.61 Å². The number of benzene rings is 2. The van der Waals surface area contributed by atoms with Crippen molar-refractivity contribution in [1.29, 1.82) is 0 Å². The molecule has 34 heavy (non-hydrogen) atoms. The summed E-state index contributed by atoms with van der Waals surface area (Å²) in [6, 6.07) is 23.4. The molecule has 0 spiro atoms. The summed E-state index contributed by atoms with van der Waals surface area (Å²) in [6.07, 6.45) is 0. The molecule has 0 aliphatic rings. The standard InChI is InChI=1S/C28H45N2O2PSi/c1-22(2)29(23(3)4)33(30(24(5)6)25(7)8)28(31)32-20-21-34(9,26-16-12-10-13-17-26)27-18-14-11-15-19-27/h10-19,22-25H,20-21H2,1-9H3. The second kappa shape index (κ2) is 13.0. The minimum absolute atomic E-state index is 0.0720. The van der Waals surface area contributed by atoms with Crippen LogP contribution in [0.5, 0.6) is 0 Å². The second-order valence-electron chi connectivity index (χ2n) is 10.4. The summed E-state index contributed by atoms with van der Waals surface area (Å²) in [5.41, 5.74) is -0.0720. The Morgan fingerprint density at radius 1 is 0.735 bits per heavy atom. The lowest BCUT2D eigenvalue weighted by atomic mass is 10.3. The van der Waals surface area contributed by atoms with Gasteiger partial charge in [-0.15, -0.1) is 0 Å². The average molecular weight is 501 g/mol. The van der Waals surface area contributed by atoms with E-state index in [-0.39, 0.29) is 29.9 Å². The van der Waals surface area contributed by atoms with Gasteiger partial charge in [-0.05, 0) is 61.4 Å². The van der Waals surface area contributed by atoms with Crippen LogP contribution in [0.1, 0.15) is 55.4 Å².